The topological polar surface area (TPSA) is 26.2 Å². The monoisotopic (exact) mass is 268 g/mol. The third kappa shape index (κ3) is 1.93. The van der Waals surface area contributed by atoms with Gasteiger partial charge in [0.1, 0.15) is 0 Å². The molecule has 0 unspecified atom stereocenters. The van der Waals surface area contributed by atoms with Crippen LogP contribution in [0.4, 0.5) is 0 Å². The van der Waals surface area contributed by atoms with Gasteiger partial charge < -0.3 is 9.40 Å². The summed E-state index contributed by atoms with van der Waals surface area (Å²) >= 11 is 3.55. The molecule has 2 aromatic rings. The average molecular weight is 269 g/mol. The fourth-order valence-electron chi connectivity index (χ4n) is 1.80. The number of hydrogen-bond donors (Lipinski definition) is 1. The number of hydroxylamine groups is 1. The molecule has 0 aliphatic rings. The van der Waals surface area contributed by atoms with Gasteiger partial charge in [0.25, 0.3) is 0 Å². The zero-order valence-electron chi connectivity index (χ0n) is 8.75. The van der Waals surface area contributed by atoms with Crippen molar-refractivity contribution in [2.45, 2.75) is 6.54 Å². The van der Waals surface area contributed by atoms with E-state index in [9.17, 15) is 0 Å². The van der Waals surface area contributed by atoms with Crippen LogP contribution >= 0.6 is 15.9 Å². The van der Waals surface area contributed by atoms with Gasteiger partial charge in [0.05, 0.1) is 12.6 Å². The van der Waals surface area contributed by atoms with E-state index >= 15 is 0 Å². The summed E-state index contributed by atoms with van der Waals surface area (Å²) in [6.07, 6.45) is 2.07. The largest absolute Gasteiger partial charge is 0.349 e. The van der Waals surface area contributed by atoms with Crippen LogP contribution in [-0.2, 0) is 18.4 Å². The number of aryl methyl sites for hydroxylation is 1. The van der Waals surface area contributed by atoms with Crippen LogP contribution in [0.1, 0.15) is 5.56 Å². The molecule has 4 heteroatoms. The molecule has 0 fully saturated rings. The minimum Gasteiger partial charge on any atom is -0.349 e. The number of hydrogen-bond acceptors (Lipinski definition) is 2. The predicted molar refractivity (Wildman–Crippen MR) is 64.5 cm³/mol. The van der Waals surface area contributed by atoms with Gasteiger partial charge in [-0.05, 0) is 21.5 Å². The molecule has 0 aliphatic carbocycles. The van der Waals surface area contributed by atoms with Crippen molar-refractivity contribution in [3.8, 4) is 0 Å². The average Bonchev–Trinajstić information content (AvgIpc) is 2.53. The Morgan fingerprint density at radius 1 is 1.47 bits per heavy atom. The SMILES string of the molecule is CONCc1cccc2c(Br)cn(C)c12. The maximum Gasteiger partial charge on any atom is 0.0572 e. The lowest BCUT2D eigenvalue weighted by atomic mass is 10.1. The van der Waals surface area contributed by atoms with E-state index in [0.29, 0.717) is 6.54 Å². The predicted octanol–water partition coefficient (Wildman–Crippen LogP) is 2.59. The smallest absolute Gasteiger partial charge is 0.0572 e. The molecule has 3 nitrogen and oxygen atoms in total. The van der Waals surface area contributed by atoms with Crippen LogP contribution in [0.5, 0.6) is 0 Å². The van der Waals surface area contributed by atoms with Gasteiger partial charge in [0, 0.05) is 29.6 Å². The third-order valence-electron chi connectivity index (χ3n) is 2.44. The summed E-state index contributed by atoms with van der Waals surface area (Å²) in [5.41, 5.74) is 5.32. The first-order chi connectivity index (χ1) is 7.24. The maximum absolute atomic E-state index is 4.87. The van der Waals surface area contributed by atoms with E-state index < -0.39 is 0 Å². The molecular formula is C11H13BrN2O. The highest BCUT2D eigenvalue weighted by Gasteiger charge is 2.07. The fourth-order valence-corrected chi connectivity index (χ4v) is 2.42. The Balaban J connectivity index is 2.54. The molecule has 1 aromatic heterocycles. The molecule has 0 amide bonds. The molecule has 15 heavy (non-hydrogen) atoms. The van der Waals surface area contributed by atoms with Crippen molar-refractivity contribution in [2.24, 2.45) is 7.05 Å². The Kier molecular flexibility index (Phi) is 3.09. The summed E-state index contributed by atoms with van der Waals surface area (Å²) in [5, 5.41) is 1.23. The zero-order valence-corrected chi connectivity index (χ0v) is 10.3. The first-order valence-electron chi connectivity index (χ1n) is 4.72. The quantitative estimate of drug-likeness (QED) is 0.867. The molecule has 80 valence electrons. The van der Waals surface area contributed by atoms with E-state index in [1.807, 2.05) is 7.05 Å². The molecule has 0 saturated heterocycles. The van der Waals surface area contributed by atoms with Gasteiger partial charge >= 0.3 is 0 Å². The molecule has 0 bridgehead atoms. The summed E-state index contributed by atoms with van der Waals surface area (Å²) in [4.78, 5) is 4.87. The van der Waals surface area contributed by atoms with Crippen LogP contribution in [0, 0.1) is 0 Å². The van der Waals surface area contributed by atoms with E-state index in [-0.39, 0.29) is 0 Å². The second-order valence-electron chi connectivity index (χ2n) is 3.43. The van der Waals surface area contributed by atoms with Crippen molar-refractivity contribution >= 4 is 26.8 Å². The third-order valence-corrected chi connectivity index (χ3v) is 3.08. The highest BCUT2D eigenvalue weighted by Crippen LogP contribution is 2.27. The van der Waals surface area contributed by atoms with E-state index in [4.69, 9.17) is 4.84 Å². The normalized spacial score (nSPS) is 11.1. The number of para-hydroxylation sites is 1. The van der Waals surface area contributed by atoms with Crippen molar-refractivity contribution in [3.63, 3.8) is 0 Å². The Labute approximate surface area is 97.1 Å². The fraction of sp³-hybridized carbons (Fsp3) is 0.273. The van der Waals surface area contributed by atoms with E-state index in [0.717, 1.165) is 4.47 Å². The highest BCUT2D eigenvalue weighted by atomic mass is 79.9. The second-order valence-corrected chi connectivity index (χ2v) is 4.28. The van der Waals surface area contributed by atoms with Crippen LogP contribution < -0.4 is 5.48 Å². The van der Waals surface area contributed by atoms with Gasteiger partial charge in [-0.1, -0.05) is 18.2 Å². The molecule has 2 rings (SSSR count). The maximum atomic E-state index is 4.87. The van der Waals surface area contributed by atoms with Crippen LogP contribution in [0.3, 0.4) is 0 Å². The summed E-state index contributed by atoms with van der Waals surface area (Å²) in [6.45, 7) is 0.706. The first kappa shape index (κ1) is 10.7. The van der Waals surface area contributed by atoms with Crippen molar-refractivity contribution in [2.75, 3.05) is 7.11 Å². The van der Waals surface area contributed by atoms with Gasteiger partial charge in [0.15, 0.2) is 0 Å². The number of nitrogens with zero attached hydrogens (tertiary/aromatic N) is 1. The van der Waals surface area contributed by atoms with Gasteiger partial charge in [-0.2, -0.15) is 5.48 Å². The molecule has 1 N–H and O–H groups in total. The van der Waals surface area contributed by atoms with Crippen LogP contribution in [0.15, 0.2) is 28.9 Å². The lowest BCUT2D eigenvalue weighted by Crippen LogP contribution is -2.11. The van der Waals surface area contributed by atoms with Crippen LogP contribution in [-0.4, -0.2) is 11.7 Å². The lowest BCUT2D eigenvalue weighted by Gasteiger charge is -2.06. The summed E-state index contributed by atoms with van der Waals surface area (Å²) in [6, 6.07) is 6.26. The minimum absolute atomic E-state index is 0.706. The minimum atomic E-state index is 0.706. The molecule has 0 spiro atoms. The number of nitrogens with one attached hydrogen (secondary N) is 1. The van der Waals surface area contributed by atoms with Gasteiger partial charge in [0.2, 0.25) is 0 Å². The molecule has 0 radical (unpaired) electrons. The number of aromatic nitrogens is 1. The van der Waals surface area contributed by atoms with Crippen LogP contribution in [0.25, 0.3) is 10.9 Å². The van der Waals surface area contributed by atoms with Gasteiger partial charge in [-0.15, -0.1) is 0 Å². The number of halogens is 1. The van der Waals surface area contributed by atoms with Gasteiger partial charge in [-0.3, -0.25) is 0 Å². The molecule has 1 heterocycles. The first-order valence-corrected chi connectivity index (χ1v) is 5.51. The van der Waals surface area contributed by atoms with Crippen molar-refractivity contribution < 1.29 is 4.84 Å². The number of rotatable bonds is 3. The molecule has 0 aliphatic heterocycles. The van der Waals surface area contributed by atoms with Gasteiger partial charge in [-0.25, -0.2) is 0 Å². The van der Waals surface area contributed by atoms with Crippen molar-refractivity contribution in [1.82, 2.24) is 10.0 Å². The number of benzene rings is 1. The summed E-state index contributed by atoms with van der Waals surface area (Å²) in [5.74, 6) is 0. The molecule has 0 saturated carbocycles. The lowest BCUT2D eigenvalue weighted by molar-refractivity contribution is 0.0869. The summed E-state index contributed by atoms with van der Waals surface area (Å²) in [7, 11) is 3.67. The molecular weight excluding hydrogens is 256 g/mol. The Hall–Kier alpha value is -0.840. The Bertz CT molecular complexity index is 479. The molecule has 0 atom stereocenters. The zero-order chi connectivity index (χ0) is 10.8. The van der Waals surface area contributed by atoms with Crippen molar-refractivity contribution in [1.29, 1.82) is 0 Å². The Morgan fingerprint density at radius 2 is 2.27 bits per heavy atom. The summed E-state index contributed by atoms with van der Waals surface area (Å²) < 4.78 is 3.24. The Morgan fingerprint density at radius 3 is 3.00 bits per heavy atom. The van der Waals surface area contributed by atoms with Crippen molar-refractivity contribution in [3.05, 3.63) is 34.4 Å². The second kappa shape index (κ2) is 4.35. The van der Waals surface area contributed by atoms with Crippen LogP contribution in [0.2, 0.25) is 0 Å². The number of fused-ring (bicyclic) bond motifs is 1. The van der Waals surface area contributed by atoms with E-state index in [2.05, 4.69) is 50.4 Å². The van der Waals surface area contributed by atoms with E-state index in [1.165, 1.54) is 16.5 Å². The standard InChI is InChI=1S/C11H13BrN2O/c1-14-7-10(12)9-5-3-4-8(11(9)14)6-13-15-2/h3-5,7,13H,6H2,1-2H3. The molecule has 1 aromatic carbocycles. The van der Waals surface area contributed by atoms with E-state index in [1.54, 1.807) is 7.11 Å². The highest BCUT2D eigenvalue weighted by molar-refractivity contribution is 9.10.